The monoisotopic (exact) mass is 377 g/mol. The van der Waals surface area contributed by atoms with E-state index in [-0.39, 0.29) is 54.3 Å². The fraction of sp³-hybridized carbons (Fsp3) is 0.526. The van der Waals surface area contributed by atoms with E-state index < -0.39 is 0 Å². The van der Waals surface area contributed by atoms with Gasteiger partial charge < -0.3 is 10.6 Å². The standard InChI is InChI=1S/C19H23N3O3.ClH/c1-12-10-13(2-3-15(12)22-16(23)4-5-17(22)24)21-18(25)14-11-19(14)6-8-20-9-7-19;/h2-3,10,14,20H,4-9,11H2,1H3,(H,21,25);1H. The van der Waals surface area contributed by atoms with E-state index in [0.717, 1.165) is 43.6 Å². The lowest BCUT2D eigenvalue weighted by molar-refractivity contribution is -0.121. The van der Waals surface area contributed by atoms with E-state index in [1.807, 2.05) is 13.0 Å². The van der Waals surface area contributed by atoms with Gasteiger partial charge in [0.1, 0.15) is 0 Å². The Kier molecular flexibility index (Phi) is 5.08. The van der Waals surface area contributed by atoms with Gasteiger partial charge in [0.05, 0.1) is 5.69 Å². The van der Waals surface area contributed by atoms with E-state index in [4.69, 9.17) is 0 Å². The number of anilines is 2. The summed E-state index contributed by atoms with van der Waals surface area (Å²) in [5.41, 5.74) is 2.36. The fourth-order valence-electron chi connectivity index (χ4n) is 4.25. The van der Waals surface area contributed by atoms with Crippen LogP contribution < -0.4 is 15.5 Å². The van der Waals surface area contributed by atoms with Crippen molar-refractivity contribution in [3.05, 3.63) is 23.8 Å². The van der Waals surface area contributed by atoms with E-state index in [0.29, 0.717) is 5.69 Å². The molecule has 2 aliphatic heterocycles. The molecule has 2 N–H and O–H groups in total. The first kappa shape index (κ1) is 18.9. The van der Waals surface area contributed by atoms with Gasteiger partial charge in [0.25, 0.3) is 0 Å². The molecule has 1 spiro atoms. The second-order valence-corrected chi connectivity index (χ2v) is 7.48. The van der Waals surface area contributed by atoms with Crippen LogP contribution in [0.4, 0.5) is 11.4 Å². The van der Waals surface area contributed by atoms with Crippen molar-refractivity contribution in [1.29, 1.82) is 0 Å². The lowest BCUT2D eigenvalue weighted by Gasteiger charge is -2.23. The molecule has 26 heavy (non-hydrogen) atoms. The number of amides is 3. The summed E-state index contributed by atoms with van der Waals surface area (Å²) < 4.78 is 0. The van der Waals surface area contributed by atoms with Gasteiger partial charge in [0.15, 0.2) is 0 Å². The highest BCUT2D eigenvalue weighted by Gasteiger charge is 2.57. The van der Waals surface area contributed by atoms with E-state index >= 15 is 0 Å². The second kappa shape index (κ2) is 7.00. The zero-order valence-corrected chi connectivity index (χ0v) is 15.7. The summed E-state index contributed by atoms with van der Waals surface area (Å²) in [5.74, 6) is -0.120. The quantitative estimate of drug-likeness (QED) is 0.793. The summed E-state index contributed by atoms with van der Waals surface area (Å²) >= 11 is 0. The number of piperidine rings is 1. The van der Waals surface area contributed by atoms with Gasteiger partial charge in [-0.3, -0.25) is 19.3 Å². The number of benzene rings is 1. The molecular weight excluding hydrogens is 354 g/mol. The average Bonchev–Trinajstić information content (AvgIpc) is 3.18. The van der Waals surface area contributed by atoms with Gasteiger partial charge in [-0.05, 0) is 68.5 Å². The first-order valence-electron chi connectivity index (χ1n) is 8.98. The number of rotatable bonds is 3. The third kappa shape index (κ3) is 3.23. The first-order valence-corrected chi connectivity index (χ1v) is 8.98. The van der Waals surface area contributed by atoms with Crippen LogP contribution in [-0.4, -0.2) is 30.8 Å². The fourth-order valence-corrected chi connectivity index (χ4v) is 4.25. The van der Waals surface area contributed by atoms with Crippen LogP contribution in [0, 0.1) is 18.3 Å². The van der Waals surface area contributed by atoms with Crippen molar-refractivity contribution in [3.8, 4) is 0 Å². The Bertz CT molecular complexity index is 742. The van der Waals surface area contributed by atoms with Crippen molar-refractivity contribution in [2.24, 2.45) is 11.3 Å². The van der Waals surface area contributed by atoms with Gasteiger partial charge in [-0.15, -0.1) is 12.4 Å². The molecule has 1 aromatic carbocycles. The van der Waals surface area contributed by atoms with Gasteiger partial charge in [-0.25, -0.2) is 0 Å². The maximum absolute atomic E-state index is 12.6. The third-order valence-electron chi connectivity index (χ3n) is 5.86. The molecule has 4 rings (SSSR count). The Balaban J connectivity index is 0.00000196. The zero-order valence-electron chi connectivity index (χ0n) is 14.8. The highest BCUT2D eigenvalue weighted by Crippen LogP contribution is 2.58. The Morgan fingerprint density at radius 1 is 1.19 bits per heavy atom. The van der Waals surface area contributed by atoms with Gasteiger partial charge in [0.2, 0.25) is 17.7 Å². The number of aryl methyl sites for hydroxylation is 1. The predicted molar refractivity (Wildman–Crippen MR) is 101 cm³/mol. The molecule has 3 amide bonds. The average molecular weight is 378 g/mol. The van der Waals surface area contributed by atoms with Crippen molar-refractivity contribution in [3.63, 3.8) is 0 Å². The van der Waals surface area contributed by atoms with E-state index in [2.05, 4.69) is 10.6 Å². The molecule has 2 saturated heterocycles. The molecule has 3 aliphatic rings. The molecular formula is C19H24ClN3O3. The van der Waals surface area contributed by atoms with Crippen LogP contribution in [-0.2, 0) is 14.4 Å². The Hall–Kier alpha value is -1.92. The topological polar surface area (TPSA) is 78.5 Å². The molecule has 1 saturated carbocycles. The number of halogens is 1. The van der Waals surface area contributed by atoms with Gasteiger partial charge >= 0.3 is 0 Å². The Labute approximate surface area is 159 Å². The number of carbonyl (C=O) groups is 3. The highest BCUT2D eigenvalue weighted by molar-refractivity contribution is 6.20. The van der Waals surface area contributed by atoms with E-state index in [1.165, 1.54) is 4.90 Å². The predicted octanol–water partition coefficient (Wildman–Crippen LogP) is 2.40. The molecule has 3 fully saturated rings. The van der Waals surface area contributed by atoms with Crippen LogP contribution in [0.5, 0.6) is 0 Å². The molecule has 7 heteroatoms. The van der Waals surface area contributed by atoms with Crippen LogP contribution in [0.1, 0.15) is 37.7 Å². The summed E-state index contributed by atoms with van der Waals surface area (Å²) in [6.07, 6.45) is 3.67. The molecule has 2 heterocycles. The Morgan fingerprint density at radius 2 is 1.85 bits per heavy atom. The third-order valence-corrected chi connectivity index (χ3v) is 5.86. The molecule has 0 aromatic heterocycles. The number of imide groups is 1. The lowest BCUT2D eigenvalue weighted by Crippen LogP contribution is -2.31. The van der Waals surface area contributed by atoms with Crippen LogP contribution in [0.2, 0.25) is 0 Å². The minimum absolute atomic E-state index is 0. The van der Waals surface area contributed by atoms with Gasteiger partial charge in [-0.2, -0.15) is 0 Å². The summed E-state index contributed by atoms with van der Waals surface area (Å²) in [4.78, 5) is 37.6. The van der Waals surface area contributed by atoms with Crippen molar-refractivity contribution in [2.75, 3.05) is 23.3 Å². The van der Waals surface area contributed by atoms with E-state index in [9.17, 15) is 14.4 Å². The maximum atomic E-state index is 12.6. The molecule has 1 aliphatic carbocycles. The van der Waals surface area contributed by atoms with E-state index in [1.54, 1.807) is 12.1 Å². The zero-order chi connectivity index (χ0) is 17.6. The van der Waals surface area contributed by atoms with Crippen molar-refractivity contribution in [2.45, 2.75) is 39.0 Å². The first-order chi connectivity index (χ1) is 12.0. The van der Waals surface area contributed by atoms with Crippen molar-refractivity contribution >= 4 is 41.5 Å². The van der Waals surface area contributed by atoms with Crippen LogP contribution in [0.15, 0.2) is 18.2 Å². The Morgan fingerprint density at radius 3 is 2.46 bits per heavy atom. The summed E-state index contributed by atoms with van der Waals surface area (Å²) in [6.45, 7) is 3.85. The molecule has 6 nitrogen and oxygen atoms in total. The number of nitrogens with zero attached hydrogens (tertiary/aromatic N) is 1. The number of nitrogens with one attached hydrogen (secondary N) is 2. The number of hydrogen-bond donors (Lipinski definition) is 2. The summed E-state index contributed by atoms with van der Waals surface area (Å²) in [5, 5.41) is 6.35. The minimum Gasteiger partial charge on any atom is -0.326 e. The summed E-state index contributed by atoms with van der Waals surface area (Å²) in [7, 11) is 0. The minimum atomic E-state index is -0.157. The molecule has 1 atom stereocenters. The lowest BCUT2D eigenvalue weighted by atomic mass is 9.92. The number of carbonyl (C=O) groups excluding carboxylic acids is 3. The second-order valence-electron chi connectivity index (χ2n) is 7.48. The molecule has 0 bridgehead atoms. The van der Waals surface area contributed by atoms with Crippen LogP contribution in [0.3, 0.4) is 0 Å². The van der Waals surface area contributed by atoms with Gasteiger partial charge in [0, 0.05) is 24.4 Å². The van der Waals surface area contributed by atoms with Crippen LogP contribution in [0.25, 0.3) is 0 Å². The number of hydrogen-bond acceptors (Lipinski definition) is 4. The van der Waals surface area contributed by atoms with Crippen molar-refractivity contribution in [1.82, 2.24) is 5.32 Å². The summed E-state index contributed by atoms with van der Waals surface area (Å²) in [6, 6.07) is 5.36. The van der Waals surface area contributed by atoms with Crippen molar-refractivity contribution < 1.29 is 14.4 Å². The highest BCUT2D eigenvalue weighted by atomic mass is 35.5. The SMILES string of the molecule is Cc1cc(NC(=O)C2CC23CCNCC3)ccc1N1C(=O)CCC1=O.Cl. The largest absolute Gasteiger partial charge is 0.326 e. The normalized spacial score (nSPS) is 23.7. The van der Waals surface area contributed by atoms with Crippen LogP contribution >= 0.6 is 12.4 Å². The maximum Gasteiger partial charge on any atom is 0.234 e. The molecule has 1 unspecified atom stereocenters. The smallest absolute Gasteiger partial charge is 0.234 e. The molecule has 140 valence electrons. The molecule has 1 aromatic rings. The van der Waals surface area contributed by atoms with Gasteiger partial charge in [-0.1, -0.05) is 0 Å². The molecule has 0 radical (unpaired) electrons.